The maximum absolute atomic E-state index is 4.77. The van der Waals surface area contributed by atoms with Crippen molar-refractivity contribution in [3.05, 3.63) is 6.61 Å². The normalized spacial score (nSPS) is 20.1. The zero-order chi connectivity index (χ0) is 5.11. The second-order valence-corrected chi connectivity index (χ2v) is 2.08. The summed E-state index contributed by atoms with van der Waals surface area (Å²) < 4.78 is 4.77. The Labute approximate surface area is 44.7 Å². The topological polar surface area (TPSA) is 9.23 Å². The third-order valence-electron chi connectivity index (χ3n) is 1.29. The van der Waals surface area contributed by atoms with Crippen molar-refractivity contribution < 1.29 is 4.74 Å². The van der Waals surface area contributed by atoms with Crippen molar-refractivity contribution in [2.24, 2.45) is 5.92 Å². The van der Waals surface area contributed by atoms with Gasteiger partial charge in [0.25, 0.3) is 0 Å². The molecule has 1 aliphatic carbocycles. The molecule has 1 heteroatoms. The molecular formula is C6H11O. The SMILES string of the molecule is CO[CH]CC1CC1. The van der Waals surface area contributed by atoms with E-state index in [1.807, 2.05) is 6.61 Å². The molecule has 1 rings (SSSR count). The minimum absolute atomic E-state index is 0.972. The molecule has 0 saturated heterocycles. The van der Waals surface area contributed by atoms with E-state index in [-0.39, 0.29) is 0 Å². The van der Waals surface area contributed by atoms with Crippen molar-refractivity contribution >= 4 is 0 Å². The highest BCUT2D eigenvalue weighted by Crippen LogP contribution is 2.32. The van der Waals surface area contributed by atoms with E-state index in [1.54, 1.807) is 7.11 Å². The molecule has 1 nitrogen and oxygen atoms in total. The maximum atomic E-state index is 4.77. The van der Waals surface area contributed by atoms with Crippen molar-refractivity contribution in [3.63, 3.8) is 0 Å². The molecule has 0 spiro atoms. The Morgan fingerprint density at radius 1 is 1.71 bits per heavy atom. The molecular weight excluding hydrogens is 88.1 g/mol. The van der Waals surface area contributed by atoms with Crippen molar-refractivity contribution in [2.45, 2.75) is 19.3 Å². The van der Waals surface area contributed by atoms with Crippen LogP contribution in [0.5, 0.6) is 0 Å². The van der Waals surface area contributed by atoms with Crippen molar-refractivity contribution in [1.82, 2.24) is 0 Å². The van der Waals surface area contributed by atoms with Crippen LogP contribution in [-0.2, 0) is 4.74 Å². The Kier molecular flexibility index (Phi) is 1.69. The van der Waals surface area contributed by atoms with Gasteiger partial charge in [-0.25, -0.2) is 0 Å². The first-order valence-corrected chi connectivity index (χ1v) is 2.78. The monoisotopic (exact) mass is 99.1 g/mol. The first-order chi connectivity index (χ1) is 3.43. The van der Waals surface area contributed by atoms with E-state index in [1.165, 1.54) is 12.8 Å². The smallest absolute Gasteiger partial charge is 0.0835 e. The van der Waals surface area contributed by atoms with Gasteiger partial charge < -0.3 is 4.74 Å². The number of ether oxygens (including phenoxy) is 1. The van der Waals surface area contributed by atoms with E-state index in [4.69, 9.17) is 4.74 Å². The molecule has 7 heavy (non-hydrogen) atoms. The third kappa shape index (κ3) is 1.93. The lowest BCUT2D eigenvalue weighted by Gasteiger charge is -1.90. The molecule has 1 saturated carbocycles. The van der Waals surface area contributed by atoms with Crippen LogP contribution in [0.25, 0.3) is 0 Å². The van der Waals surface area contributed by atoms with Gasteiger partial charge in [-0.15, -0.1) is 0 Å². The summed E-state index contributed by atoms with van der Waals surface area (Å²) in [5.74, 6) is 0.972. The number of hydrogen-bond acceptors (Lipinski definition) is 1. The highest BCUT2D eigenvalue weighted by Gasteiger charge is 2.20. The Morgan fingerprint density at radius 3 is 2.86 bits per heavy atom. The zero-order valence-corrected chi connectivity index (χ0v) is 4.68. The second kappa shape index (κ2) is 2.31. The van der Waals surface area contributed by atoms with Gasteiger partial charge in [0.1, 0.15) is 0 Å². The molecule has 0 aromatic heterocycles. The second-order valence-electron chi connectivity index (χ2n) is 2.08. The van der Waals surface area contributed by atoms with Gasteiger partial charge >= 0.3 is 0 Å². The van der Waals surface area contributed by atoms with Gasteiger partial charge in [-0.2, -0.15) is 0 Å². The van der Waals surface area contributed by atoms with Crippen LogP contribution in [0, 0.1) is 12.5 Å². The first-order valence-electron chi connectivity index (χ1n) is 2.78. The molecule has 0 aromatic carbocycles. The molecule has 1 fully saturated rings. The van der Waals surface area contributed by atoms with Crippen molar-refractivity contribution in [1.29, 1.82) is 0 Å². The molecule has 0 bridgehead atoms. The van der Waals surface area contributed by atoms with Crippen LogP contribution in [0.15, 0.2) is 0 Å². The molecule has 0 unspecified atom stereocenters. The van der Waals surface area contributed by atoms with Gasteiger partial charge in [0.2, 0.25) is 0 Å². The standard InChI is InChI=1S/C6H11O/c1-7-5-4-6-2-3-6/h5-6H,2-4H2,1H3. The molecule has 0 heterocycles. The summed E-state index contributed by atoms with van der Waals surface area (Å²) in [4.78, 5) is 0. The number of methoxy groups -OCH3 is 1. The fourth-order valence-corrected chi connectivity index (χ4v) is 0.586. The average Bonchev–Trinajstić information content (AvgIpc) is 2.42. The van der Waals surface area contributed by atoms with E-state index in [9.17, 15) is 0 Å². The molecule has 0 aliphatic heterocycles. The van der Waals surface area contributed by atoms with Crippen LogP contribution in [0.2, 0.25) is 0 Å². The summed E-state index contributed by atoms with van der Waals surface area (Å²) in [5, 5.41) is 0. The number of hydrogen-bond donors (Lipinski definition) is 0. The summed E-state index contributed by atoms with van der Waals surface area (Å²) >= 11 is 0. The van der Waals surface area contributed by atoms with Gasteiger partial charge in [0.15, 0.2) is 0 Å². The Hall–Kier alpha value is -0.0400. The highest BCUT2D eigenvalue weighted by atomic mass is 16.5. The van der Waals surface area contributed by atoms with E-state index < -0.39 is 0 Å². The lowest BCUT2D eigenvalue weighted by molar-refractivity contribution is 0.260. The molecule has 0 amide bonds. The van der Waals surface area contributed by atoms with Crippen molar-refractivity contribution in [3.8, 4) is 0 Å². The Balaban J connectivity index is 1.80. The molecule has 41 valence electrons. The van der Waals surface area contributed by atoms with Crippen LogP contribution in [0.3, 0.4) is 0 Å². The maximum Gasteiger partial charge on any atom is 0.0835 e. The van der Waals surface area contributed by atoms with Gasteiger partial charge in [-0.1, -0.05) is 12.8 Å². The lowest BCUT2D eigenvalue weighted by Crippen LogP contribution is -1.79. The molecule has 0 aromatic rings. The van der Waals surface area contributed by atoms with E-state index in [0.717, 1.165) is 12.3 Å². The molecule has 0 N–H and O–H groups in total. The van der Waals surface area contributed by atoms with Gasteiger partial charge in [0.05, 0.1) is 6.61 Å². The van der Waals surface area contributed by atoms with Crippen LogP contribution in [-0.4, -0.2) is 7.11 Å². The summed E-state index contributed by atoms with van der Waals surface area (Å²) in [5.41, 5.74) is 0. The largest absolute Gasteiger partial charge is 0.379 e. The molecule has 1 radical (unpaired) electrons. The fourth-order valence-electron chi connectivity index (χ4n) is 0.586. The predicted octanol–water partition coefficient (Wildman–Crippen LogP) is 1.59. The molecule has 0 atom stereocenters. The lowest BCUT2D eigenvalue weighted by atomic mass is 10.3. The first kappa shape index (κ1) is 5.10. The Morgan fingerprint density at radius 2 is 2.43 bits per heavy atom. The minimum Gasteiger partial charge on any atom is -0.379 e. The van der Waals surface area contributed by atoms with E-state index in [2.05, 4.69) is 0 Å². The van der Waals surface area contributed by atoms with Gasteiger partial charge in [-0.05, 0) is 12.3 Å². The summed E-state index contributed by atoms with van der Waals surface area (Å²) in [6.45, 7) is 1.89. The van der Waals surface area contributed by atoms with Crippen LogP contribution >= 0.6 is 0 Å². The van der Waals surface area contributed by atoms with Gasteiger partial charge in [-0.3, -0.25) is 0 Å². The van der Waals surface area contributed by atoms with Crippen LogP contribution in [0.1, 0.15) is 19.3 Å². The van der Waals surface area contributed by atoms with Crippen LogP contribution < -0.4 is 0 Å². The average molecular weight is 99.2 g/mol. The van der Waals surface area contributed by atoms with E-state index >= 15 is 0 Å². The highest BCUT2D eigenvalue weighted by molar-refractivity contribution is 4.75. The molecule has 1 aliphatic rings. The fraction of sp³-hybridized carbons (Fsp3) is 0.833. The summed E-state index contributed by atoms with van der Waals surface area (Å²) in [6, 6.07) is 0. The van der Waals surface area contributed by atoms with Crippen molar-refractivity contribution in [2.75, 3.05) is 7.11 Å². The van der Waals surface area contributed by atoms with E-state index in [0.29, 0.717) is 0 Å². The summed E-state index contributed by atoms with van der Waals surface area (Å²) in [6.07, 6.45) is 4.00. The zero-order valence-electron chi connectivity index (χ0n) is 4.68. The predicted molar refractivity (Wildman–Crippen MR) is 28.6 cm³/mol. The van der Waals surface area contributed by atoms with Gasteiger partial charge in [0, 0.05) is 7.11 Å². The minimum atomic E-state index is 0.972. The van der Waals surface area contributed by atoms with Crippen LogP contribution in [0.4, 0.5) is 0 Å². The number of rotatable bonds is 3. The summed E-state index contributed by atoms with van der Waals surface area (Å²) in [7, 11) is 1.71. The Bertz CT molecular complexity index is 48.1. The quantitative estimate of drug-likeness (QED) is 0.522. The third-order valence-corrected chi connectivity index (χ3v) is 1.29.